The van der Waals surface area contributed by atoms with Crippen molar-refractivity contribution >= 4 is 11.8 Å². The summed E-state index contributed by atoms with van der Waals surface area (Å²) in [6, 6.07) is 6.01. The number of carbonyl (C=O) groups is 2. The molecule has 0 unspecified atom stereocenters. The van der Waals surface area contributed by atoms with Crippen LogP contribution in [-0.4, -0.2) is 54.4 Å². The summed E-state index contributed by atoms with van der Waals surface area (Å²) < 4.78 is 5.75. The number of hydrogen-bond acceptors (Lipinski definition) is 3. The van der Waals surface area contributed by atoms with Gasteiger partial charge in [0.1, 0.15) is 5.75 Å². The van der Waals surface area contributed by atoms with Crippen LogP contribution in [0.5, 0.6) is 5.75 Å². The van der Waals surface area contributed by atoms with Gasteiger partial charge in [-0.3, -0.25) is 9.59 Å². The Bertz CT molecular complexity index is 658. The highest BCUT2D eigenvalue weighted by Gasteiger charge is 2.30. The normalized spacial score (nSPS) is 18.9. The summed E-state index contributed by atoms with van der Waals surface area (Å²) in [5.41, 5.74) is 2.16. The van der Waals surface area contributed by atoms with Gasteiger partial charge in [-0.05, 0) is 56.7 Å². The van der Waals surface area contributed by atoms with Crippen LogP contribution in [0.4, 0.5) is 0 Å². The summed E-state index contributed by atoms with van der Waals surface area (Å²) >= 11 is 0. The van der Waals surface area contributed by atoms with E-state index in [1.165, 1.54) is 12.8 Å². The molecule has 0 aliphatic carbocycles. The van der Waals surface area contributed by atoms with Gasteiger partial charge in [0.05, 0.1) is 0 Å². The Kier molecular flexibility index (Phi) is 6.75. The smallest absolute Gasteiger partial charge is 0.260 e. The Morgan fingerprint density at radius 2 is 1.63 bits per heavy atom. The number of nitrogens with zero attached hydrogens (tertiary/aromatic N) is 2. The summed E-state index contributed by atoms with van der Waals surface area (Å²) in [5, 5.41) is 0. The average molecular weight is 373 g/mol. The highest BCUT2D eigenvalue weighted by Crippen LogP contribution is 2.23. The number of likely N-dealkylation sites (tertiary alicyclic amines) is 2. The molecule has 2 saturated heterocycles. The number of amides is 2. The van der Waals surface area contributed by atoms with E-state index in [4.69, 9.17) is 4.74 Å². The fraction of sp³-hybridized carbons (Fsp3) is 0.636. The lowest BCUT2D eigenvalue weighted by Gasteiger charge is -2.34. The molecule has 1 aromatic rings. The van der Waals surface area contributed by atoms with Gasteiger partial charge in [-0.1, -0.05) is 25.0 Å². The molecule has 0 bridgehead atoms. The van der Waals surface area contributed by atoms with Gasteiger partial charge in [-0.2, -0.15) is 0 Å². The van der Waals surface area contributed by atoms with Crippen LogP contribution in [0.3, 0.4) is 0 Å². The number of aryl methyl sites for hydroxylation is 2. The van der Waals surface area contributed by atoms with Crippen LogP contribution in [0.2, 0.25) is 0 Å². The van der Waals surface area contributed by atoms with E-state index in [9.17, 15) is 9.59 Å². The molecule has 2 amide bonds. The molecule has 0 atom stereocenters. The van der Waals surface area contributed by atoms with Crippen molar-refractivity contribution in [3.63, 3.8) is 0 Å². The molecule has 0 spiro atoms. The average Bonchev–Trinajstić information content (AvgIpc) is 2.97. The molecule has 5 nitrogen and oxygen atoms in total. The lowest BCUT2D eigenvalue weighted by Crippen LogP contribution is -2.45. The van der Waals surface area contributed by atoms with E-state index >= 15 is 0 Å². The van der Waals surface area contributed by atoms with Gasteiger partial charge in [-0.15, -0.1) is 0 Å². The molecule has 1 aromatic carbocycles. The molecule has 0 radical (unpaired) electrons. The third-order valence-electron chi connectivity index (χ3n) is 5.81. The second kappa shape index (κ2) is 9.25. The highest BCUT2D eigenvalue weighted by atomic mass is 16.5. The van der Waals surface area contributed by atoms with E-state index in [2.05, 4.69) is 4.90 Å². The van der Waals surface area contributed by atoms with Crippen molar-refractivity contribution in [2.24, 2.45) is 5.92 Å². The van der Waals surface area contributed by atoms with Crippen molar-refractivity contribution < 1.29 is 14.3 Å². The van der Waals surface area contributed by atoms with Gasteiger partial charge >= 0.3 is 0 Å². The second-order valence-electron chi connectivity index (χ2n) is 7.95. The van der Waals surface area contributed by atoms with E-state index in [0.717, 1.165) is 55.6 Å². The maximum atomic E-state index is 12.8. The number of carbonyl (C=O) groups excluding carboxylic acids is 2. The van der Waals surface area contributed by atoms with E-state index in [-0.39, 0.29) is 18.4 Å². The van der Waals surface area contributed by atoms with Crippen LogP contribution < -0.4 is 4.74 Å². The molecule has 5 heteroatoms. The zero-order chi connectivity index (χ0) is 19.2. The molecule has 2 heterocycles. The van der Waals surface area contributed by atoms with Gasteiger partial charge in [0.15, 0.2) is 6.61 Å². The van der Waals surface area contributed by atoms with Crippen LogP contribution >= 0.6 is 0 Å². The van der Waals surface area contributed by atoms with Gasteiger partial charge in [0, 0.05) is 32.1 Å². The van der Waals surface area contributed by atoms with Crippen LogP contribution in [0, 0.1) is 19.8 Å². The SMILES string of the molecule is Cc1ccc(C)c(OCC(=O)N2CCC(C(=O)N3CCCCCC3)CC2)c1. The summed E-state index contributed by atoms with van der Waals surface area (Å²) in [5.74, 6) is 1.16. The predicted octanol–water partition coefficient (Wildman–Crippen LogP) is 3.32. The monoisotopic (exact) mass is 372 g/mol. The third-order valence-corrected chi connectivity index (χ3v) is 5.81. The molecular weight excluding hydrogens is 340 g/mol. The molecule has 0 aromatic heterocycles. The Morgan fingerprint density at radius 3 is 2.30 bits per heavy atom. The summed E-state index contributed by atoms with van der Waals surface area (Å²) in [7, 11) is 0. The standard InChI is InChI=1S/C22H32N2O3/c1-17-7-8-18(2)20(15-17)27-16-21(25)23-13-9-19(10-14-23)22(26)24-11-5-3-4-6-12-24/h7-8,15,19H,3-6,9-14,16H2,1-2H3. The summed E-state index contributed by atoms with van der Waals surface area (Å²) in [6.45, 7) is 7.18. The van der Waals surface area contributed by atoms with Crippen LogP contribution in [0.15, 0.2) is 18.2 Å². The zero-order valence-corrected chi connectivity index (χ0v) is 16.7. The Morgan fingerprint density at radius 1 is 0.963 bits per heavy atom. The fourth-order valence-corrected chi connectivity index (χ4v) is 4.02. The van der Waals surface area contributed by atoms with Crippen molar-refractivity contribution in [3.8, 4) is 5.75 Å². The van der Waals surface area contributed by atoms with Crippen molar-refractivity contribution in [2.45, 2.75) is 52.4 Å². The van der Waals surface area contributed by atoms with Crippen molar-refractivity contribution in [1.82, 2.24) is 9.80 Å². The maximum Gasteiger partial charge on any atom is 0.260 e. The Balaban J connectivity index is 1.46. The highest BCUT2D eigenvalue weighted by molar-refractivity contribution is 5.80. The first kappa shape index (κ1) is 19.7. The maximum absolute atomic E-state index is 12.8. The fourth-order valence-electron chi connectivity index (χ4n) is 4.02. The lowest BCUT2D eigenvalue weighted by atomic mass is 9.95. The molecule has 148 valence electrons. The second-order valence-corrected chi connectivity index (χ2v) is 7.95. The number of ether oxygens (including phenoxy) is 1. The van der Waals surface area contributed by atoms with Gasteiger partial charge < -0.3 is 14.5 Å². The van der Waals surface area contributed by atoms with E-state index in [1.807, 2.05) is 36.9 Å². The number of piperidine rings is 1. The quantitative estimate of drug-likeness (QED) is 0.815. The summed E-state index contributed by atoms with van der Waals surface area (Å²) in [4.78, 5) is 29.2. The topological polar surface area (TPSA) is 49.9 Å². The molecule has 3 rings (SSSR count). The van der Waals surface area contributed by atoms with Gasteiger partial charge in [-0.25, -0.2) is 0 Å². The van der Waals surface area contributed by atoms with Crippen molar-refractivity contribution in [1.29, 1.82) is 0 Å². The van der Waals surface area contributed by atoms with Crippen molar-refractivity contribution in [3.05, 3.63) is 29.3 Å². The zero-order valence-electron chi connectivity index (χ0n) is 16.7. The first-order valence-electron chi connectivity index (χ1n) is 10.3. The minimum atomic E-state index is 0.0107. The van der Waals surface area contributed by atoms with Gasteiger partial charge in [0.2, 0.25) is 5.91 Å². The lowest BCUT2D eigenvalue weighted by molar-refractivity contribution is -0.141. The van der Waals surface area contributed by atoms with E-state index < -0.39 is 0 Å². The van der Waals surface area contributed by atoms with Crippen LogP contribution in [0.1, 0.15) is 49.7 Å². The van der Waals surface area contributed by atoms with Gasteiger partial charge in [0.25, 0.3) is 5.91 Å². The number of rotatable bonds is 4. The largest absolute Gasteiger partial charge is 0.483 e. The van der Waals surface area contributed by atoms with Crippen molar-refractivity contribution in [2.75, 3.05) is 32.8 Å². The molecule has 2 fully saturated rings. The molecule has 2 aliphatic rings. The minimum absolute atomic E-state index is 0.0107. The molecular formula is C22H32N2O3. The number of benzene rings is 1. The molecule has 27 heavy (non-hydrogen) atoms. The first-order valence-corrected chi connectivity index (χ1v) is 10.3. The molecule has 0 N–H and O–H groups in total. The third kappa shape index (κ3) is 5.24. The van der Waals surface area contributed by atoms with E-state index in [0.29, 0.717) is 19.0 Å². The van der Waals surface area contributed by atoms with Crippen LogP contribution in [-0.2, 0) is 9.59 Å². The molecule has 2 aliphatic heterocycles. The van der Waals surface area contributed by atoms with Crippen LogP contribution in [0.25, 0.3) is 0 Å². The number of hydrogen-bond donors (Lipinski definition) is 0. The Hall–Kier alpha value is -2.04. The summed E-state index contributed by atoms with van der Waals surface area (Å²) in [6.07, 6.45) is 6.25. The Labute approximate surface area is 162 Å². The predicted molar refractivity (Wildman–Crippen MR) is 106 cm³/mol. The van der Waals surface area contributed by atoms with E-state index in [1.54, 1.807) is 0 Å². The first-order chi connectivity index (χ1) is 13.0. The minimum Gasteiger partial charge on any atom is -0.483 e. The molecule has 0 saturated carbocycles.